The minimum absolute atomic E-state index is 0.127. The van der Waals surface area contributed by atoms with E-state index in [1.165, 1.54) is 76.2 Å². The van der Waals surface area contributed by atoms with Gasteiger partial charge in [-0.1, -0.05) is 146 Å². The quantitative estimate of drug-likeness (QED) is 0.112. The zero-order valence-corrected chi connectivity index (χ0v) is 25.2. The van der Waals surface area contributed by atoms with Gasteiger partial charge >= 0.3 is 5.97 Å². The summed E-state index contributed by atoms with van der Waals surface area (Å²) in [7, 11) is 0. The van der Waals surface area contributed by atoms with E-state index in [9.17, 15) is 4.79 Å². The Bertz CT molecular complexity index is 1110. The minimum atomic E-state index is -0.200. The van der Waals surface area contributed by atoms with E-state index in [0.29, 0.717) is 11.6 Å². The first-order chi connectivity index (χ1) is 19.6. The summed E-state index contributed by atoms with van der Waals surface area (Å²) in [4.78, 5) is 22.1. The molecule has 0 bridgehead atoms. The van der Waals surface area contributed by atoms with Crippen LogP contribution in [0.25, 0.3) is 22.5 Å². The number of nitrogens with zero attached hydrogens (tertiary/aromatic N) is 2. The summed E-state index contributed by atoms with van der Waals surface area (Å²) in [6, 6.07) is 17.0. The highest BCUT2D eigenvalue weighted by molar-refractivity contribution is 5.83. The van der Waals surface area contributed by atoms with Crippen molar-refractivity contribution in [2.45, 2.75) is 117 Å². The molecule has 40 heavy (non-hydrogen) atoms. The van der Waals surface area contributed by atoms with E-state index in [1.807, 2.05) is 13.0 Å². The zero-order chi connectivity index (χ0) is 28.4. The molecular formula is C36H50N2O2. The van der Waals surface area contributed by atoms with Crippen molar-refractivity contribution < 1.29 is 9.53 Å². The van der Waals surface area contributed by atoms with Crippen LogP contribution >= 0.6 is 0 Å². The fourth-order valence-corrected chi connectivity index (χ4v) is 5.27. The van der Waals surface area contributed by atoms with Gasteiger partial charge in [0.05, 0.1) is 18.3 Å². The lowest BCUT2D eigenvalue weighted by Crippen LogP contribution is -2.18. The number of esters is 1. The van der Waals surface area contributed by atoms with Gasteiger partial charge in [0.15, 0.2) is 11.6 Å². The summed E-state index contributed by atoms with van der Waals surface area (Å²) >= 11 is 0. The fraction of sp³-hybridized carbons (Fsp3) is 0.528. The molecule has 0 saturated heterocycles. The Morgan fingerprint density at radius 3 is 1.98 bits per heavy atom. The first kappa shape index (κ1) is 31.5. The molecule has 2 aromatic carbocycles. The summed E-state index contributed by atoms with van der Waals surface area (Å²) in [5.74, 6) is 0.763. The van der Waals surface area contributed by atoms with E-state index in [1.54, 1.807) is 12.4 Å². The molecule has 1 aromatic heterocycles. The van der Waals surface area contributed by atoms with Crippen LogP contribution in [0.5, 0.6) is 5.75 Å². The van der Waals surface area contributed by atoms with Crippen molar-refractivity contribution in [3.63, 3.8) is 0 Å². The first-order valence-electron chi connectivity index (χ1n) is 15.9. The van der Waals surface area contributed by atoms with Crippen LogP contribution < -0.4 is 4.74 Å². The van der Waals surface area contributed by atoms with Gasteiger partial charge in [-0.05, 0) is 36.0 Å². The molecule has 0 amide bonds. The summed E-state index contributed by atoms with van der Waals surface area (Å²) in [5, 5.41) is 0. The van der Waals surface area contributed by atoms with E-state index >= 15 is 0 Å². The second kappa shape index (κ2) is 18.4. The number of aromatic nitrogens is 2. The molecule has 0 spiro atoms. The molecule has 0 saturated carbocycles. The van der Waals surface area contributed by atoms with Crippen LogP contribution in [0.4, 0.5) is 0 Å². The highest BCUT2D eigenvalue weighted by atomic mass is 16.5. The number of ether oxygens (including phenoxy) is 1. The fourth-order valence-electron chi connectivity index (χ4n) is 5.27. The number of unbranched alkanes of at least 4 members (excludes halogenated alkanes) is 11. The largest absolute Gasteiger partial charge is 0.423 e. The molecule has 0 aliphatic heterocycles. The molecule has 1 atom stereocenters. The van der Waals surface area contributed by atoms with Crippen LogP contribution in [0.15, 0.2) is 60.9 Å². The average Bonchev–Trinajstić information content (AvgIpc) is 2.99. The van der Waals surface area contributed by atoms with Gasteiger partial charge in [0.2, 0.25) is 0 Å². The third kappa shape index (κ3) is 10.5. The molecule has 0 N–H and O–H groups in total. The molecule has 0 fully saturated rings. The predicted octanol–water partition coefficient (Wildman–Crippen LogP) is 10.4. The van der Waals surface area contributed by atoms with Crippen LogP contribution in [0.1, 0.15) is 116 Å². The average molecular weight is 543 g/mol. The first-order valence-corrected chi connectivity index (χ1v) is 15.9. The Morgan fingerprint density at radius 2 is 1.32 bits per heavy atom. The molecule has 3 rings (SSSR count). The van der Waals surface area contributed by atoms with Gasteiger partial charge in [0.1, 0.15) is 0 Å². The molecule has 0 aliphatic carbocycles. The molecule has 3 aromatic rings. The summed E-state index contributed by atoms with van der Waals surface area (Å²) in [6.07, 6.45) is 21.5. The molecule has 0 unspecified atom stereocenters. The van der Waals surface area contributed by atoms with Gasteiger partial charge in [0.25, 0.3) is 0 Å². The minimum Gasteiger partial charge on any atom is -0.423 e. The molecule has 216 valence electrons. The molecule has 4 heteroatoms. The summed E-state index contributed by atoms with van der Waals surface area (Å²) < 4.78 is 5.66. The molecule has 4 nitrogen and oxygen atoms in total. The SMILES string of the molecule is CCCCCCCCCc1cccc(-c2ccccc2)c1-c1ncc(OC(=O)[C@@H](C)CCCCCCCC)cn1. The predicted molar refractivity (Wildman–Crippen MR) is 167 cm³/mol. The zero-order valence-electron chi connectivity index (χ0n) is 25.2. The Hall–Kier alpha value is -3.01. The number of carbonyl (C=O) groups is 1. The lowest BCUT2D eigenvalue weighted by Gasteiger charge is -2.15. The maximum Gasteiger partial charge on any atom is 0.314 e. The molecule has 1 heterocycles. The number of benzene rings is 2. The summed E-state index contributed by atoms with van der Waals surface area (Å²) in [5.41, 5.74) is 4.64. The van der Waals surface area contributed by atoms with Crippen LogP contribution in [0.3, 0.4) is 0 Å². The highest BCUT2D eigenvalue weighted by Gasteiger charge is 2.18. The van der Waals surface area contributed by atoms with Gasteiger partial charge in [0, 0.05) is 5.56 Å². The molecule has 0 aliphatic rings. The van der Waals surface area contributed by atoms with Crippen LogP contribution in [0.2, 0.25) is 0 Å². The number of carbonyl (C=O) groups excluding carboxylic acids is 1. The lowest BCUT2D eigenvalue weighted by atomic mass is 9.92. The van der Waals surface area contributed by atoms with E-state index in [2.05, 4.69) is 56.3 Å². The lowest BCUT2D eigenvalue weighted by molar-refractivity contribution is -0.138. The number of hydrogen-bond donors (Lipinski definition) is 0. The highest BCUT2D eigenvalue weighted by Crippen LogP contribution is 2.34. The van der Waals surface area contributed by atoms with Crippen molar-refractivity contribution in [3.8, 4) is 28.3 Å². The van der Waals surface area contributed by atoms with Gasteiger partial charge in [-0.2, -0.15) is 0 Å². The van der Waals surface area contributed by atoms with Crippen molar-refractivity contribution >= 4 is 5.97 Å². The number of hydrogen-bond acceptors (Lipinski definition) is 4. The van der Waals surface area contributed by atoms with E-state index in [0.717, 1.165) is 42.4 Å². The van der Waals surface area contributed by atoms with Gasteiger partial charge in [-0.3, -0.25) is 4.79 Å². The van der Waals surface area contributed by atoms with Crippen molar-refractivity contribution in [2.75, 3.05) is 0 Å². The van der Waals surface area contributed by atoms with E-state index in [-0.39, 0.29) is 11.9 Å². The molecule has 0 radical (unpaired) electrons. The van der Waals surface area contributed by atoms with Crippen LogP contribution in [0, 0.1) is 5.92 Å². The van der Waals surface area contributed by atoms with E-state index in [4.69, 9.17) is 14.7 Å². The maximum atomic E-state index is 12.7. The Morgan fingerprint density at radius 1 is 0.725 bits per heavy atom. The molecular weight excluding hydrogens is 492 g/mol. The van der Waals surface area contributed by atoms with Gasteiger partial charge < -0.3 is 4.74 Å². The van der Waals surface area contributed by atoms with E-state index < -0.39 is 0 Å². The normalized spacial score (nSPS) is 11.9. The van der Waals surface area contributed by atoms with Crippen molar-refractivity contribution in [2.24, 2.45) is 5.92 Å². The Balaban J connectivity index is 1.67. The number of aryl methyl sites for hydroxylation is 1. The van der Waals surface area contributed by atoms with Crippen molar-refractivity contribution in [3.05, 3.63) is 66.5 Å². The third-order valence-electron chi connectivity index (χ3n) is 7.75. The summed E-state index contributed by atoms with van der Waals surface area (Å²) in [6.45, 7) is 6.44. The van der Waals surface area contributed by atoms with Gasteiger partial charge in [-0.15, -0.1) is 0 Å². The number of rotatable bonds is 19. The Kier molecular flexibility index (Phi) is 14.5. The van der Waals surface area contributed by atoms with Crippen molar-refractivity contribution in [1.29, 1.82) is 0 Å². The maximum absolute atomic E-state index is 12.7. The Labute approximate surface area is 243 Å². The second-order valence-corrected chi connectivity index (χ2v) is 11.2. The van der Waals surface area contributed by atoms with Crippen molar-refractivity contribution in [1.82, 2.24) is 9.97 Å². The smallest absolute Gasteiger partial charge is 0.314 e. The van der Waals surface area contributed by atoms with Crippen LogP contribution in [-0.2, 0) is 11.2 Å². The second-order valence-electron chi connectivity index (χ2n) is 11.2. The van der Waals surface area contributed by atoms with Gasteiger partial charge in [-0.25, -0.2) is 9.97 Å². The monoisotopic (exact) mass is 542 g/mol. The topological polar surface area (TPSA) is 52.1 Å². The third-order valence-corrected chi connectivity index (χ3v) is 7.75. The standard InChI is InChI=1S/C36H50N2O2/c1-4-6-8-10-12-14-17-24-31-25-20-26-33(30-22-18-15-19-23-30)34(31)35-37-27-32(28-38-35)40-36(39)29(3)21-16-13-11-9-7-5-2/h15,18-20,22-23,25-29H,4-14,16-17,21,24H2,1-3H3/t29-/m0/s1. The van der Waals surface area contributed by atoms with Crippen LogP contribution in [-0.4, -0.2) is 15.9 Å².